The van der Waals surface area contributed by atoms with Crippen LogP contribution in [0.4, 0.5) is 5.95 Å². The van der Waals surface area contributed by atoms with Crippen LogP contribution >= 0.6 is 0 Å². The Balaban J connectivity index is 1.71. The molecular weight excluding hydrogens is 332 g/mol. The van der Waals surface area contributed by atoms with Crippen LogP contribution in [0.25, 0.3) is 22.3 Å². The van der Waals surface area contributed by atoms with Gasteiger partial charge in [-0.25, -0.2) is 14.6 Å². The van der Waals surface area contributed by atoms with Crippen molar-refractivity contribution in [3.05, 3.63) is 47.9 Å². The number of para-hydroxylation sites is 1. The van der Waals surface area contributed by atoms with Crippen molar-refractivity contribution in [1.29, 1.82) is 0 Å². The Morgan fingerprint density at radius 3 is 2.92 bits per heavy atom. The van der Waals surface area contributed by atoms with E-state index in [1.54, 1.807) is 15.6 Å². The smallest absolute Gasteiger partial charge is 0.221 e. The lowest BCUT2D eigenvalue weighted by Crippen LogP contribution is -2.11. The second-order valence-electron chi connectivity index (χ2n) is 5.97. The van der Waals surface area contributed by atoms with Gasteiger partial charge in [0.25, 0.3) is 0 Å². The Morgan fingerprint density at radius 1 is 1.19 bits per heavy atom. The molecule has 0 saturated heterocycles. The first-order chi connectivity index (χ1) is 12.7. The Labute approximate surface area is 149 Å². The van der Waals surface area contributed by atoms with E-state index in [0.717, 1.165) is 22.2 Å². The number of aliphatic hydroxyl groups is 1. The molecular formula is C17H18N8O. The zero-order valence-electron chi connectivity index (χ0n) is 14.2. The minimum Gasteiger partial charge on any atom is -0.394 e. The van der Waals surface area contributed by atoms with Crippen LogP contribution in [0.15, 0.2) is 36.7 Å². The van der Waals surface area contributed by atoms with Crippen molar-refractivity contribution in [3.8, 4) is 11.4 Å². The summed E-state index contributed by atoms with van der Waals surface area (Å²) in [5.74, 6) is 0.206. The Bertz CT molecular complexity index is 1070. The monoisotopic (exact) mass is 350 g/mol. The van der Waals surface area contributed by atoms with Crippen LogP contribution in [0.5, 0.6) is 0 Å². The first kappa shape index (κ1) is 16.2. The number of hydrogen-bond acceptors (Lipinski definition) is 7. The van der Waals surface area contributed by atoms with Gasteiger partial charge in [0.05, 0.1) is 37.1 Å². The van der Waals surface area contributed by atoms with Crippen molar-refractivity contribution in [2.75, 3.05) is 12.3 Å². The molecule has 26 heavy (non-hydrogen) atoms. The zero-order valence-corrected chi connectivity index (χ0v) is 14.2. The second kappa shape index (κ2) is 6.52. The van der Waals surface area contributed by atoms with Crippen LogP contribution in [0.3, 0.4) is 0 Å². The van der Waals surface area contributed by atoms with Gasteiger partial charge in [-0.05, 0) is 18.6 Å². The number of aliphatic hydroxyl groups excluding tert-OH is 1. The number of fused-ring (bicyclic) bond motifs is 1. The normalized spacial score (nSPS) is 11.3. The Hall–Kier alpha value is -3.33. The fourth-order valence-electron chi connectivity index (χ4n) is 2.95. The van der Waals surface area contributed by atoms with E-state index in [1.807, 2.05) is 37.4 Å². The van der Waals surface area contributed by atoms with Crippen LogP contribution in [-0.2, 0) is 13.1 Å². The third-order valence-corrected chi connectivity index (χ3v) is 4.17. The summed E-state index contributed by atoms with van der Waals surface area (Å²) in [5, 5.41) is 22.6. The average molecular weight is 350 g/mol. The number of nitrogen functional groups attached to an aromatic ring is 1. The number of rotatable bonds is 5. The summed E-state index contributed by atoms with van der Waals surface area (Å²) < 4.78 is 3.45. The summed E-state index contributed by atoms with van der Waals surface area (Å²) in [7, 11) is 0. The molecule has 0 aliphatic heterocycles. The van der Waals surface area contributed by atoms with Crippen LogP contribution in [-0.4, -0.2) is 46.5 Å². The molecule has 0 amide bonds. The minimum atomic E-state index is 0.0306. The van der Waals surface area contributed by atoms with Gasteiger partial charge in [-0.2, -0.15) is 5.10 Å². The first-order valence-corrected chi connectivity index (χ1v) is 8.20. The molecule has 0 unspecified atom stereocenters. The molecule has 0 bridgehead atoms. The van der Waals surface area contributed by atoms with Gasteiger partial charge < -0.3 is 10.8 Å². The molecule has 0 radical (unpaired) electrons. The molecule has 4 aromatic rings. The largest absolute Gasteiger partial charge is 0.394 e. The standard InChI is InChI=1S/C17H18N8O/c1-11-3-2-4-13-15(11)20-17(18)21-16(13)14-10-24(23-22-14)9-12-5-6-19-25(12)7-8-26/h2-6,10,26H,7-9H2,1H3,(H2,18,20,21). The minimum absolute atomic E-state index is 0.0306. The van der Waals surface area contributed by atoms with Crippen molar-refractivity contribution in [2.24, 2.45) is 0 Å². The quantitative estimate of drug-likeness (QED) is 0.551. The number of nitrogens with zero attached hydrogens (tertiary/aromatic N) is 7. The molecule has 9 heteroatoms. The van der Waals surface area contributed by atoms with Crippen molar-refractivity contribution < 1.29 is 5.11 Å². The molecule has 0 atom stereocenters. The van der Waals surface area contributed by atoms with E-state index < -0.39 is 0 Å². The van der Waals surface area contributed by atoms with E-state index in [-0.39, 0.29) is 12.6 Å². The maximum absolute atomic E-state index is 9.11. The molecule has 3 aromatic heterocycles. The van der Waals surface area contributed by atoms with Gasteiger partial charge in [0, 0.05) is 11.6 Å². The summed E-state index contributed by atoms with van der Waals surface area (Å²) >= 11 is 0. The molecule has 0 aliphatic rings. The molecule has 132 valence electrons. The van der Waals surface area contributed by atoms with E-state index in [1.165, 1.54) is 0 Å². The van der Waals surface area contributed by atoms with Gasteiger partial charge in [0.15, 0.2) is 0 Å². The maximum atomic E-state index is 9.11. The van der Waals surface area contributed by atoms with Crippen molar-refractivity contribution in [1.82, 2.24) is 34.7 Å². The molecule has 0 aliphatic carbocycles. The highest BCUT2D eigenvalue weighted by Crippen LogP contribution is 2.26. The number of benzene rings is 1. The molecule has 0 saturated carbocycles. The van der Waals surface area contributed by atoms with Crippen molar-refractivity contribution >= 4 is 16.9 Å². The van der Waals surface area contributed by atoms with Gasteiger partial charge >= 0.3 is 0 Å². The van der Waals surface area contributed by atoms with E-state index >= 15 is 0 Å². The van der Waals surface area contributed by atoms with E-state index in [2.05, 4.69) is 25.4 Å². The molecule has 4 rings (SSSR count). The lowest BCUT2D eigenvalue weighted by molar-refractivity contribution is 0.266. The Kier molecular flexibility index (Phi) is 4.05. The molecule has 0 fully saturated rings. The van der Waals surface area contributed by atoms with Crippen LogP contribution in [0.2, 0.25) is 0 Å². The highest BCUT2D eigenvalue weighted by Gasteiger charge is 2.14. The Morgan fingerprint density at radius 2 is 2.08 bits per heavy atom. The number of aromatic nitrogens is 7. The number of anilines is 1. The van der Waals surface area contributed by atoms with Gasteiger partial charge in [-0.3, -0.25) is 4.68 Å². The van der Waals surface area contributed by atoms with Gasteiger partial charge in [-0.1, -0.05) is 23.4 Å². The lowest BCUT2D eigenvalue weighted by atomic mass is 10.1. The molecule has 3 N–H and O–H groups in total. The van der Waals surface area contributed by atoms with E-state index in [9.17, 15) is 0 Å². The summed E-state index contributed by atoms with van der Waals surface area (Å²) in [6.45, 7) is 2.95. The zero-order chi connectivity index (χ0) is 18.1. The predicted molar refractivity (Wildman–Crippen MR) is 96.1 cm³/mol. The fraction of sp³-hybridized carbons (Fsp3) is 0.235. The van der Waals surface area contributed by atoms with E-state index in [0.29, 0.717) is 24.5 Å². The first-order valence-electron chi connectivity index (χ1n) is 8.20. The molecule has 1 aromatic carbocycles. The summed E-state index contributed by atoms with van der Waals surface area (Å²) in [6.07, 6.45) is 3.52. The fourth-order valence-corrected chi connectivity index (χ4v) is 2.95. The van der Waals surface area contributed by atoms with Gasteiger partial charge in [0.1, 0.15) is 11.4 Å². The molecule has 9 nitrogen and oxygen atoms in total. The number of aryl methyl sites for hydroxylation is 1. The highest BCUT2D eigenvalue weighted by atomic mass is 16.3. The van der Waals surface area contributed by atoms with Crippen molar-refractivity contribution in [3.63, 3.8) is 0 Å². The number of nitrogens with two attached hydrogens (primary N) is 1. The highest BCUT2D eigenvalue weighted by molar-refractivity contribution is 5.93. The summed E-state index contributed by atoms with van der Waals surface area (Å²) in [5.41, 5.74) is 9.94. The van der Waals surface area contributed by atoms with Crippen LogP contribution < -0.4 is 5.73 Å². The van der Waals surface area contributed by atoms with Gasteiger partial charge in [0.2, 0.25) is 5.95 Å². The lowest BCUT2D eigenvalue weighted by Gasteiger charge is -2.06. The van der Waals surface area contributed by atoms with Gasteiger partial charge in [-0.15, -0.1) is 5.10 Å². The van der Waals surface area contributed by atoms with Crippen LogP contribution in [0.1, 0.15) is 11.3 Å². The predicted octanol–water partition coefficient (Wildman–Crippen LogP) is 1.02. The third kappa shape index (κ3) is 2.88. The topological polar surface area (TPSA) is 121 Å². The van der Waals surface area contributed by atoms with E-state index in [4.69, 9.17) is 10.8 Å². The molecule has 0 spiro atoms. The second-order valence-corrected chi connectivity index (χ2v) is 5.97. The average Bonchev–Trinajstić information content (AvgIpc) is 3.26. The third-order valence-electron chi connectivity index (χ3n) is 4.17. The maximum Gasteiger partial charge on any atom is 0.221 e. The van der Waals surface area contributed by atoms with Crippen LogP contribution in [0, 0.1) is 6.92 Å². The summed E-state index contributed by atoms with van der Waals surface area (Å²) in [6, 6.07) is 7.78. The van der Waals surface area contributed by atoms with Crippen molar-refractivity contribution in [2.45, 2.75) is 20.0 Å². The number of hydrogen-bond donors (Lipinski definition) is 2. The molecule has 3 heterocycles. The summed E-state index contributed by atoms with van der Waals surface area (Å²) in [4.78, 5) is 8.71. The SMILES string of the molecule is Cc1cccc2c(-c3cn(Cc4ccnn4CCO)nn3)nc(N)nc12.